The fraction of sp³-hybridized carbons (Fsp3) is 0.562. The molecule has 2 rings (SSSR count). The number of aryl methyl sites for hydroxylation is 2. The highest BCUT2D eigenvalue weighted by atomic mass is 16.5. The number of aliphatic carboxylic acids is 1. The van der Waals surface area contributed by atoms with E-state index in [0.717, 1.165) is 24.2 Å². The fourth-order valence-electron chi connectivity index (χ4n) is 3.02. The second-order valence-electron chi connectivity index (χ2n) is 5.78. The first kappa shape index (κ1) is 13.9. The first-order valence-corrected chi connectivity index (χ1v) is 6.82. The first-order chi connectivity index (χ1) is 8.93. The van der Waals surface area contributed by atoms with Crippen molar-refractivity contribution in [3.63, 3.8) is 0 Å². The third kappa shape index (κ3) is 2.91. The van der Waals surface area contributed by atoms with Gasteiger partial charge >= 0.3 is 5.97 Å². The van der Waals surface area contributed by atoms with Crippen molar-refractivity contribution in [2.75, 3.05) is 7.11 Å². The molecule has 1 fully saturated rings. The van der Waals surface area contributed by atoms with Crippen LogP contribution < -0.4 is 4.74 Å². The van der Waals surface area contributed by atoms with Crippen LogP contribution in [0.5, 0.6) is 5.75 Å². The van der Waals surface area contributed by atoms with Gasteiger partial charge in [-0.25, -0.2) is 0 Å². The molecular weight excluding hydrogens is 240 g/mol. The highest BCUT2D eigenvalue weighted by Crippen LogP contribution is 2.46. The summed E-state index contributed by atoms with van der Waals surface area (Å²) in [4.78, 5) is 10.9. The van der Waals surface area contributed by atoms with Crippen LogP contribution >= 0.6 is 0 Å². The van der Waals surface area contributed by atoms with Gasteiger partial charge in [0.1, 0.15) is 5.75 Å². The molecule has 0 aliphatic heterocycles. The lowest BCUT2D eigenvalue weighted by Crippen LogP contribution is -2.04. The van der Waals surface area contributed by atoms with Gasteiger partial charge in [-0.2, -0.15) is 0 Å². The predicted octanol–water partition coefficient (Wildman–Crippen LogP) is 3.53. The van der Waals surface area contributed by atoms with Crippen molar-refractivity contribution in [2.24, 2.45) is 11.8 Å². The topological polar surface area (TPSA) is 46.5 Å². The van der Waals surface area contributed by atoms with Crippen molar-refractivity contribution in [2.45, 2.75) is 39.5 Å². The number of hydrogen-bond acceptors (Lipinski definition) is 2. The lowest BCUT2D eigenvalue weighted by molar-refractivity contribution is -0.138. The van der Waals surface area contributed by atoms with Crippen LogP contribution in [0.1, 0.15) is 42.4 Å². The molecule has 1 saturated carbocycles. The van der Waals surface area contributed by atoms with Crippen LogP contribution in [0.3, 0.4) is 0 Å². The molecule has 104 valence electrons. The fourth-order valence-corrected chi connectivity index (χ4v) is 3.02. The predicted molar refractivity (Wildman–Crippen MR) is 74.7 cm³/mol. The molecule has 0 radical (unpaired) electrons. The van der Waals surface area contributed by atoms with Gasteiger partial charge < -0.3 is 9.84 Å². The molecule has 1 aromatic rings. The van der Waals surface area contributed by atoms with Crippen molar-refractivity contribution < 1.29 is 14.6 Å². The van der Waals surface area contributed by atoms with Crippen LogP contribution in [0, 0.1) is 25.7 Å². The van der Waals surface area contributed by atoms with Gasteiger partial charge in [0.2, 0.25) is 0 Å². The van der Waals surface area contributed by atoms with Gasteiger partial charge in [0.05, 0.1) is 13.0 Å². The number of carbonyl (C=O) groups is 1. The lowest BCUT2D eigenvalue weighted by atomic mass is 9.91. The van der Waals surface area contributed by atoms with E-state index in [0.29, 0.717) is 11.8 Å². The second-order valence-corrected chi connectivity index (χ2v) is 5.78. The maximum absolute atomic E-state index is 10.9. The van der Waals surface area contributed by atoms with E-state index in [-0.39, 0.29) is 5.92 Å². The van der Waals surface area contributed by atoms with Crippen molar-refractivity contribution in [3.05, 3.63) is 28.8 Å². The van der Waals surface area contributed by atoms with Gasteiger partial charge in [0, 0.05) is 0 Å². The summed E-state index contributed by atoms with van der Waals surface area (Å²) >= 11 is 0. The van der Waals surface area contributed by atoms with Crippen molar-refractivity contribution in [1.29, 1.82) is 0 Å². The van der Waals surface area contributed by atoms with E-state index < -0.39 is 5.97 Å². The minimum atomic E-state index is -0.649. The Labute approximate surface area is 114 Å². The standard InChI is InChI=1S/C16H22O3/c1-9-5-11(3)15(19-4)13(6-9)10(2)7-12-8-14(12)16(17)18/h5-6,10,12,14H,7-8H2,1-4H3,(H,17,18). The second kappa shape index (κ2) is 5.24. The molecular formula is C16H22O3. The number of rotatable bonds is 5. The van der Waals surface area contributed by atoms with Crippen molar-refractivity contribution in [1.82, 2.24) is 0 Å². The highest BCUT2D eigenvalue weighted by Gasteiger charge is 2.43. The van der Waals surface area contributed by atoms with Gasteiger partial charge in [-0.05, 0) is 49.7 Å². The van der Waals surface area contributed by atoms with Crippen molar-refractivity contribution >= 4 is 5.97 Å². The monoisotopic (exact) mass is 262 g/mol. The zero-order chi connectivity index (χ0) is 14.2. The molecule has 0 bridgehead atoms. The Balaban J connectivity index is 2.15. The minimum absolute atomic E-state index is 0.126. The molecule has 0 aromatic heterocycles. The summed E-state index contributed by atoms with van der Waals surface area (Å²) in [5.41, 5.74) is 3.58. The number of ether oxygens (including phenoxy) is 1. The Hall–Kier alpha value is -1.51. The molecule has 1 N–H and O–H groups in total. The largest absolute Gasteiger partial charge is 0.496 e. The molecule has 19 heavy (non-hydrogen) atoms. The van der Waals surface area contributed by atoms with Crippen LogP contribution in [-0.2, 0) is 4.79 Å². The Kier molecular flexibility index (Phi) is 3.83. The summed E-state index contributed by atoms with van der Waals surface area (Å²) in [5, 5.41) is 8.97. The highest BCUT2D eigenvalue weighted by molar-refractivity contribution is 5.73. The van der Waals surface area contributed by atoms with E-state index in [4.69, 9.17) is 9.84 Å². The van der Waals surface area contributed by atoms with E-state index in [2.05, 4.69) is 32.9 Å². The molecule has 0 spiro atoms. The third-order valence-corrected chi connectivity index (χ3v) is 4.08. The quantitative estimate of drug-likeness (QED) is 0.883. The minimum Gasteiger partial charge on any atom is -0.496 e. The average molecular weight is 262 g/mol. The SMILES string of the molecule is COc1c(C)cc(C)cc1C(C)CC1CC1C(=O)O. The Bertz CT molecular complexity index is 493. The number of benzene rings is 1. The van der Waals surface area contributed by atoms with Crippen LogP contribution in [0.4, 0.5) is 0 Å². The molecule has 3 heteroatoms. The lowest BCUT2D eigenvalue weighted by Gasteiger charge is -2.18. The molecule has 3 atom stereocenters. The van der Waals surface area contributed by atoms with Gasteiger partial charge in [-0.15, -0.1) is 0 Å². The van der Waals surface area contributed by atoms with E-state index in [9.17, 15) is 4.79 Å². The van der Waals surface area contributed by atoms with Gasteiger partial charge in [0.25, 0.3) is 0 Å². The first-order valence-electron chi connectivity index (χ1n) is 6.82. The van der Waals surface area contributed by atoms with Crippen LogP contribution in [0.2, 0.25) is 0 Å². The molecule has 3 unspecified atom stereocenters. The number of carboxylic acids is 1. The Morgan fingerprint density at radius 2 is 2.16 bits per heavy atom. The summed E-state index contributed by atoms with van der Waals surface area (Å²) in [5.74, 6) is 0.843. The Morgan fingerprint density at radius 3 is 2.68 bits per heavy atom. The summed E-state index contributed by atoms with van der Waals surface area (Å²) in [6.45, 7) is 6.30. The summed E-state index contributed by atoms with van der Waals surface area (Å²) < 4.78 is 5.51. The average Bonchev–Trinajstić information content (AvgIpc) is 3.07. The molecule has 1 aromatic carbocycles. The summed E-state index contributed by atoms with van der Waals surface area (Å²) in [6, 6.07) is 4.28. The van der Waals surface area contributed by atoms with Gasteiger partial charge in [0.15, 0.2) is 0 Å². The van der Waals surface area contributed by atoms with E-state index >= 15 is 0 Å². The molecule has 1 aliphatic carbocycles. The normalized spacial score (nSPS) is 22.9. The smallest absolute Gasteiger partial charge is 0.306 e. The third-order valence-electron chi connectivity index (χ3n) is 4.08. The molecule has 0 saturated heterocycles. The summed E-state index contributed by atoms with van der Waals surface area (Å²) in [7, 11) is 1.70. The van der Waals surface area contributed by atoms with E-state index in [1.54, 1.807) is 7.11 Å². The molecule has 3 nitrogen and oxygen atoms in total. The molecule has 0 amide bonds. The maximum Gasteiger partial charge on any atom is 0.306 e. The Morgan fingerprint density at radius 1 is 1.47 bits per heavy atom. The van der Waals surface area contributed by atoms with Crippen LogP contribution in [-0.4, -0.2) is 18.2 Å². The molecule has 1 aliphatic rings. The number of methoxy groups -OCH3 is 1. The van der Waals surface area contributed by atoms with Crippen LogP contribution in [0.15, 0.2) is 12.1 Å². The number of carboxylic acid groups (broad SMARTS) is 1. The van der Waals surface area contributed by atoms with Gasteiger partial charge in [-0.3, -0.25) is 4.79 Å². The van der Waals surface area contributed by atoms with Crippen molar-refractivity contribution in [3.8, 4) is 5.75 Å². The number of hydrogen-bond donors (Lipinski definition) is 1. The zero-order valence-electron chi connectivity index (χ0n) is 12.1. The maximum atomic E-state index is 10.9. The zero-order valence-corrected chi connectivity index (χ0v) is 12.1. The van der Waals surface area contributed by atoms with E-state index in [1.165, 1.54) is 11.1 Å². The van der Waals surface area contributed by atoms with E-state index in [1.807, 2.05) is 0 Å². The molecule has 0 heterocycles. The van der Waals surface area contributed by atoms with Gasteiger partial charge in [-0.1, -0.05) is 24.6 Å². The summed E-state index contributed by atoms with van der Waals surface area (Å²) in [6.07, 6.45) is 1.75. The van der Waals surface area contributed by atoms with Crippen LogP contribution in [0.25, 0.3) is 0 Å².